The molecule has 0 unspecified atom stereocenters. The van der Waals surface area contributed by atoms with Gasteiger partial charge in [-0.1, -0.05) is 33.8 Å². The number of cyclic esters (lactones) is 1. The molecular weight excluding hydrogens is 827 g/mol. The van der Waals surface area contributed by atoms with Crippen molar-refractivity contribution in [1.29, 1.82) is 0 Å². The first kappa shape index (κ1) is 49.8. The van der Waals surface area contributed by atoms with Gasteiger partial charge in [0.2, 0.25) is 11.8 Å². The molecule has 17 heteroatoms. The SMILES string of the molecule is CCn1c(-c2cccnc2[C@H](C)OC)c2c3cc(ccc31)-c1csc(n1)C[C@H](NC(=O)[C@H](C(C)C)N(C)C(C)=O)C(=O)N1CCC[C@H](N1)C(=O)OCC(C)(C)C2.S.S.S. The van der Waals surface area contributed by atoms with Crippen LogP contribution in [-0.4, -0.2) is 93.6 Å². The van der Waals surface area contributed by atoms with Gasteiger partial charge in [-0.15, -0.1) is 11.3 Å². The molecule has 2 aliphatic rings. The number of esters is 1. The Balaban J connectivity index is 0.00000310. The van der Waals surface area contributed by atoms with E-state index < -0.39 is 35.4 Å². The minimum Gasteiger partial charge on any atom is -0.464 e. The third kappa shape index (κ3) is 10.7. The number of carbonyl (C=O) groups is 4. The Bertz CT molecular complexity index is 2120. The Hall–Kier alpha value is -3.61. The molecule has 0 saturated carbocycles. The highest BCUT2D eigenvalue weighted by atomic mass is 32.1. The van der Waals surface area contributed by atoms with E-state index in [0.717, 1.165) is 44.7 Å². The van der Waals surface area contributed by atoms with Gasteiger partial charge in [0.1, 0.15) is 18.1 Å². The number of carbonyl (C=O) groups excluding carboxylic acids is 4. The van der Waals surface area contributed by atoms with Crippen LogP contribution in [0.5, 0.6) is 0 Å². The lowest BCUT2D eigenvalue weighted by Gasteiger charge is -2.36. The Labute approximate surface area is 372 Å². The summed E-state index contributed by atoms with van der Waals surface area (Å²) < 4.78 is 14.2. The van der Waals surface area contributed by atoms with Crippen LogP contribution in [0, 0.1) is 11.3 Å². The summed E-state index contributed by atoms with van der Waals surface area (Å²) in [5, 5.41) is 8.10. The lowest BCUT2D eigenvalue weighted by Crippen LogP contribution is -2.62. The van der Waals surface area contributed by atoms with Crippen molar-refractivity contribution in [2.45, 2.75) is 105 Å². The molecule has 59 heavy (non-hydrogen) atoms. The molecule has 2 N–H and O–H groups in total. The van der Waals surface area contributed by atoms with Crippen LogP contribution in [0.15, 0.2) is 41.9 Å². The number of fused-ring (bicyclic) bond motifs is 6. The second-order valence-electron chi connectivity index (χ2n) is 16.1. The Morgan fingerprint density at radius 2 is 1.88 bits per heavy atom. The van der Waals surface area contributed by atoms with Gasteiger partial charge in [-0.3, -0.25) is 29.2 Å². The van der Waals surface area contributed by atoms with Crippen LogP contribution in [0.1, 0.15) is 83.7 Å². The number of rotatable bonds is 8. The maximum Gasteiger partial charge on any atom is 0.324 e. The average Bonchev–Trinajstić information content (AvgIpc) is 3.77. The molecule has 3 aromatic heterocycles. The number of aryl methyl sites for hydroxylation is 1. The second-order valence-corrected chi connectivity index (χ2v) is 17.0. The summed E-state index contributed by atoms with van der Waals surface area (Å²) >= 11 is 1.42. The number of hydrogen-bond acceptors (Lipinski definition) is 10. The van der Waals surface area contributed by atoms with Crippen molar-refractivity contribution in [2.24, 2.45) is 11.3 Å². The number of amides is 3. The molecule has 3 amide bonds. The summed E-state index contributed by atoms with van der Waals surface area (Å²) in [4.78, 5) is 65.4. The predicted octanol–water partition coefficient (Wildman–Crippen LogP) is 6.04. The highest BCUT2D eigenvalue weighted by Crippen LogP contribution is 2.42. The normalized spacial score (nSPS) is 19.0. The van der Waals surface area contributed by atoms with Crippen molar-refractivity contribution in [3.05, 3.63) is 58.2 Å². The van der Waals surface area contributed by atoms with Crippen LogP contribution in [0.4, 0.5) is 0 Å². The molecule has 6 bridgehead atoms. The number of likely N-dealkylation sites (N-methyl/N-ethyl adjacent to an activating group) is 1. The molecule has 1 fully saturated rings. The molecule has 1 aromatic carbocycles. The summed E-state index contributed by atoms with van der Waals surface area (Å²) in [6, 6.07) is 7.88. The average molecular weight is 888 g/mol. The highest BCUT2D eigenvalue weighted by Gasteiger charge is 2.37. The van der Waals surface area contributed by atoms with Crippen LogP contribution < -0.4 is 10.7 Å². The minimum atomic E-state index is -1.01. The van der Waals surface area contributed by atoms with Crippen LogP contribution in [0.3, 0.4) is 0 Å². The molecule has 0 radical (unpaired) electrons. The van der Waals surface area contributed by atoms with Gasteiger partial charge in [-0.2, -0.15) is 40.5 Å². The predicted molar refractivity (Wildman–Crippen MR) is 248 cm³/mol. The summed E-state index contributed by atoms with van der Waals surface area (Å²) in [6.45, 7) is 14.7. The fourth-order valence-electron chi connectivity index (χ4n) is 7.94. The summed E-state index contributed by atoms with van der Waals surface area (Å²) in [6.07, 6.45) is 3.33. The molecule has 1 saturated heterocycles. The standard InChI is InChI=1S/C42H55N7O6S.3H2S/c1-10-48-34-16-15-27-19-29(34)30(38(48)28-13-11-17-43-36(28)25(4)54-9)21-42(6,7)23-55-41(53)31-14-12-18-49(46-31)40(52)32(20-35-44-33(27)22-56-35)45-39(51)37(24(2)3)47(8)26(5)50;;;/h11,13,15-17,19,22,24-25,31-32,37,46H,10,12,14,18,20-21,23H2,1-9H3,(H,45,51);3*1H2/t25-,31-,32-,37-;;;/m0.../s1. The van der Waals surface area contributed by atoms with E-state index in [9.17, 15) is 19.2 Å². The van der Waals surface area contributed by atoms with Crippen molar-refractivity contribution in [3.8, 4) is 22.5 Å². The number of hydrogen-bond donors (Lipinski definition) is 2. The number of nitrogens with one attached hydrogen (secondary N) is 2. The Morgan fingerprint density at radius 1 is 1.15 bits per heavy atom. The first-order chi connectivity index (χ1) is 26.6. The van der Waals surface area contributed by atoms with Gasteiger partial charge in [-0.05, 0) is 68.9 Å². The van der Waals surface area contributed by atoms with Gasteiger partial charge in [0.25, 0.3) is 5.91 Å². The fourth-order valence-corrected chi connectivity index (χ4v) is 8.79. The maximum atomic E-state index is 14.3. The maximum absolute atomic E-state index is 14.3. The summed E-state index contributed by atoms with van der Waals surface area (Å²) in [5.41, 5.74) is 9.37. The van der Waals surface area contributed by atoms with Crippen LogP contribution in [-0.2, 0) is 48.0 Å². The van der Waals surface area contributed by atoms with E-state index in [0.29, 0.717) is 37.4 Å². The first-order valence-electron chi connectivity index (χ1n) is 19.5. The number of hydrazine groups is 1. The van der Waals surface area contributed by atoms with Crippen molar-refractivity contribution in [2.75, 3.05) is 27.3 Å². The molecule has 324 valence electrons. The zero-order valence-electron chi connectivity index (χ0n) is 35.5. The molecule has 5 heterocycles. The second kappa shape index (κ2) is 20.8. The van der Waals surface area contributed by atoms with Crippen molar-refractivity contribution >= 4 is 86.4 Å². The van der Waals surface area contributed by atoms with Crippen LogP contribution >= 0.6 is 51.8 Å². The zero-order valence-corrected chi connectivity index (χ0v) is 39.3. The smallest absolute Gasteiger partial charge is 0.324 e. The number of aromatic nitrogens is 3. The Morgan fingerprint density at radius 3 is 2.54 bits per heavy atom. The molecule has 0 spiro atoms. The van der Waals surface area contributed by atoms with Gasteiger partial charge >= 0.3 is 5.97 Å². The minimum absolute atomic E-state index is 0. The monoisotopic (exact) mass is 887 g/mol. The zero-order chi connectivity index (χ0) is 40.5. The van der Waals surface area contributed by atoms with E-state index in [1.807, 2.05) is 32.2 Å². The number of methoxy groups -OCH3 is 1. The number of thiazole rings is 1. The first-order valence-corrected chi connectivity index (χ1v) is 20.4. The largest absolute Gasteiger partial charge is 0.464 e. The third-order valence-corrected chi connectivity index (χ3v) is 11.8. The Kier molecular flexibility index (Phi) is 17.5. The molecule has 0 aliphatic carbocycles. The molecule has 4 atom stereocenters. The van der Waals surface area contributed by atoms with E-state index in [2.05, 4.69) is 60.3 Å². The molecule has 4 aromatic rings. The van der Waals surface area contributed by atoms with Gasteiger partial charge < -0.3 is 24.3 Å². The highest BCUT2D eigenvalue weighted by molar-refractivity contribution is 7.59. The van der Waals surface area contributed by atoms with E-state index in [1.165, 1.54) is 28.2 Å². The van der Waals surface area contributed by atoms with E-state index >= 15 is 0 Å². The number of pyridine rings is 1. The lowest BCUT2D eigenvalue weighted by atomic mass is 9.84. The van der Waals surface area contributed by atoms with Gasteiger partial charge in [-0.25, -0.2) is 10.4 Å². The van der Waals surface area contributed by atoms with Gasteiger partial charge in [0, 0.05) is 79.6 Å². The third-order valence-electron chi connectivity index (χ3n) is 11.0. The van der Waals surface area contributed by atoms with Crippen molar-refractivity contribution in [3.63, 3.8) is 0 Å². The number of benzene rings is 1. The molecule has 2 aliphatic heterocycles. The van der Waals surface area contributed by atoms with Crippen LogP contribution in [0.2, 0.25) is 0 Å². The fraction of sp³-hybridized carbons (Fsp3) is 0.524. The summed E-state index contributed by atoms with van der Waals surface area (Å²) in [7, 11) is 3.27. The number of ether oxygens (including phenoxy) is 2. The number of nitrogens with zero attached hydrogens (tertiary/aromatic N) is 5. The summed E-state index contributed by atoms with van der Waals surface area (Å²) in [5.74, 6) is -1.73. The molecular formula is C42H61N7O6S4. The van der Waals surface area contributed by atoms with Gasteiger partial charge in [0.15, 0.2) is 0 Å². The quantitative estimate of drug-likeness (QED) is 0.202. The molecule has 13 nitrogen and oxygen atoms in total. The van der Waals surface area contributed by atoms with E-state index in [1.54, 1.807) is 20.4 Å². The van der Waals surface area contributed by atoms with Gasteiger partial charge in [0.05, 0.1) is 34.8 Å². The van der Waals surface area contributed by atoms with Crippen LogP contribution in [0.25, 0.3) is 33.4 Å². The van der Waals surface area contributed by atoms with E-state index in [4.69, 9.17) is 19.4 Å². The topological polar surface area (TPSA) is 148 Å². The van der Waals surface area contributed by atoms with Crippen molar-refractivity contribution < 1.29 is 28.7 Å². The lowest BCUT2D eigenvalue weighted by molar-refractivity contribution is -0.155. The van der Waals surface area contributed by atoms with Crippen molar-refractivity contribution in [1.82, 2.24) is 35.2 Å². The van der Waals surface area contributed by atoms with E-state index in [-0.39, 0.29) is 77.4 Å². The molecule has 6 rings (SSSR count).